The van der Waals surface area contributed by atoms with Crippen molar-refractivity contribution in [2.75, 3.05) is 14.2 Å². The normalized spacial score (nSPS) is 18.2. The Kier molecular flexibility index (Phi) is 4.25. The number of amidine groups is 1. The Hall–Kier alpha value is -2.47. The number of hydrogen-bond acceptors (Lipinski definition) is 5. The molecule has 1 amide bonds. The number of hydrogen-bond donors (Lipinski definition) is 0. The van der Waals surface area contributed by atoms with Crippen LogP contribution in [0.3, 0.4) is 0 Å². The molecule has 0 spiro atoms. The molecular weight excluding hydrogens is 312 g/mol. The summed E-state index contributed by atoms with van der Waals surface area (Å²) in [4.78, 5) is 19.0. The first-order chi connectivity index (χ1) is 11.1. The van der Waals surface area contributed by atoms with Gasteiger partial charge in [0.25, 0.3) is 5.91 Å². The second-order valence-electron chi connectivity index (χ2n) is 5.02. The Morgan fingerprint density at radius 1 is 1.22 bits per heavy atom. The van der Waals surface area contributed by atoms with Crippen LogP contribution in [0.1, 0.15) is 11.5 Å². The lowest BCUT2D eigenvalue weighted by atomic mass is 10.3. The monoisotopic (exact) mass is 328 g/mol. The van der Waals surface area contributed by atoms with Crippen LogP contribution in [0.2, 0.25) is 0 Å². The van der Waals surface area contributed by atoms with Crippen molar-refractivity contribution in [3.8, 4) is 5.75 Å². The lowest BCUT2D eigenvalue weighted by Crippen LogP contribution is -2.23. The number of thioether (sulfide) groups is 1. The molecule has 1 saturated heterocycles. The van der Waals surface area contributed by atoms with Crippen LogP contribution in [0.4, 0.5) is 5.69 Å². The molecule has 23 heavy (non-hydrogen) atoms. The molecule has 0 bridgehead atoms. The van der Waals surface area contributed by atoms with Crippen molar-refractivity contribution in [1.82, 2.24) is 4.90 Å². The summed E-state index contributed by atoms with van der Waals surface area (Å²) in [6.45, 7) is 1.87. The van der Waals surface area contributed by atoms with Gasteiger partial charge < -0.3 is 9.15 Å². The highest BCUT2D eigenvalue weighted by molar-refractivity contribution is 8.18. The van der Waals surface area contributed by atoms with Crippen LogP contribution in [0.25, 0.3) is 6.08 Å². The number of carbonyl (C=O) groups is 1. The Morgan fingerprint density at radius 3 is 2.57 bits per heavy atom. The first kappa shape index (κ1) is 15.4. The first-order valence-electron chi connectivity index (χ1n) is 7.03. The third-order valence-corrected chi connectivity index (χ3v) is 4.40. The Balaban J connectivity index is 1.85. The van der Waals surface area contributed by atoms with Crippen LogP contribution in [-0.2, 0) is 4.79 Å². The van der Waals surface area contributed by atoms with Gasteiger partial charge in [-0.3, -0.25) is 9.69 Å². The fraction of sp³-hybridized carbons (Fsp3) is 0.176. The van der Waals surface area contributed by atoms with E-state index in [0.717, 1.165) is 17.2 Å². The number of carbonyl (C=O) groups excluding carboxylic acids is 1. The fourth-order valence-corrected chi connectivity index (χ4v) is 3.05. The third kappa shape index (κ3) is 3.32. The lowest BCUT2D eigenvalue weighted by Gasteiger charge is -2.07. The van der Waals surface area contributed by atoms with Gasteiger partial charge in [-0.25, -0.2) is 4.99 Å². The molecule has 0 unspecified atom stereocenters. The number of amides is 1. The minimum absolute atomic E-state index is 0.0867. The van der Waals surface area contributed by atoms with Crippen LogP contribution in [0.15, 0.2) is 50.7 Å². The molecule has 0 atom stereocenters. The minimum atomic E-state index is -0.0867. The number of aliphatic imine (C=N–C) groups is 1. The topological polar surface area (TPSA) is 55.0 Å². The number of methoxy groups -OCH3 is 1. The van der Waals surface area contributed by atoms with Gasteiger partial charge in [0.05, 0.1) is 17.7 Å². The molecule has 3 rings (SSSR count). The molecule has 5 nitrogen and oxygen atoms in total. The van der Waals surface area contributed by atoms with E-state index in [9.17, 15) is 4.79 Å². The number of benzene rings is 1. The van der Waals surface area contributed by atoms with E-state index >= 15 is 0 Å². The summed E-state index contributed by atoms with van der Waals surface area (Å²) in [7, 11) is 3.33. The quantitative estimate of drug-likeness (QED) is 0.804. The predicted molar refractivity (Wildman–Crippen MR) is 91.9 cm³/mol. The largest absolute Gasteiger partial charge is 0.497 e. The molecule has 2 heterocycles. The number of aryl methyl sites for hydroxylation is 1. The van der Waals surface area contributed by atoms with E-state index in [1.807, 2.05) is 43.3 Å². The number of nitrogens with zero attached hydrogens (tertiary/aromatic N) is 2. The molecule has 0 radical (unpaired) electrons. The molecule has 6 heteroatoms. The van der Waals surface area contributed by atoms with Crippen molar-refractivity contribution in [2.24, 2.45) is 4.99 Å². The molecule has 1 aliphatic heterocycles. The van der Waals surface area contributed by atoms with Gasteiger partial charge >= 0.3 is 0 Å². The van der Waals surface area contributed by atoms with Gasteiger partial charge in [0.15, 0.2) is 5.17 Å². The second kappa shape index (κ2) is 6.34. The van der Waals surface area contributed by atoms with Crippen LogP contribution < -0.4 is 4.74 Å². The van der Waals surface area contributed by atoms with Gasteiger partial charge in [-0.1, -0.05) is 0 Å². The van der Waals surface area contributed by atoms with Crippen molar-refractivity contribution >= 4 is 34.6 Å². The molecule has 2 aromatic rings. The highest BCUT2D eigenvalue weighted by Crippen LogP contribution is 2.33. The summed E-state index contributed by atoms with van der Waals surface area (Å²) >= 11 is 1.33. The summed E-state index contributed by atoms with van der Waals surface area (Å²) < 4.78 is 10.6. The maximum atomic E-state index is 12.3. The van der Waals surface area contributed by atoms with Crippen molar-refractivity contribution in [2.45, 2.75) is 6.92 Å². The van der Waals surface area contributed by atoms with E-state index in [-0.39, 0.29) is 5.91 Å². The van der Waals surface area contributed by atoms with Crippen molar-refractivity contribution in [3.05, 3.63) is 52.8 Å². The SMILES string of the molecule is COc1ccc(N=C2SC(=Cc3ccc(C)o3)C(=O)N2C)cc1. The average Bonchev–Trinajstić information content (AvgIpc) is 3.07. The molecule has 118 valence electrons. The van der Waals surface area contributed by atoms with E-state index in [2.05, 4.69) is 4.99 Å². The van der Waals surface area contributed by atoms with E-state index in [4.69, 9.17) is 9.15 Å². The smallest absolute Gasteiger partial charge is 0.266 e. The van der Waals surface area contributed by atoms with Crippen LogP contribution in [0, 0.1) is 6.92 Å². The molecule has 1 fully saturated rings. The zero-order valence-electron chi connectivity index (χ0n) is 13.1. The van der Waals surface area contributed by atoms with E-state index in [1.54, 1.807) is 20.2 Å². The van der Waals surface area contributed by atoms with Crippen LogP contribution >= 0.6 is 11.8 Å². The number of ether oxygens (including phenoxy) is 1. The van der Waals surface area contributed by atoms with E-state index in [1.165, 1.54) is 16.7 Å². The number of furan rings is 1. The Bertz CT molecular complexity index is 790. The van der Waals surface area contributed by atoms with Crippen molar-refractivity contribution in [3.63, 3.8) is 0 Å². The second-order valence-corrected chi connectivity index (χ2v) is 6.02. The maximum Gasteiger partial charge on any atom is 0.266 e. The summed E-state index contributed by atoms with van der Waals surface area (Å²) in [5.74, 6) is 2.16. The molecule has 1 aromatic carbocycles. The first-order valence-corrected chi connectivity index (χ1v) is 7.85. The Morgan fingerprint density at radius 2 is 1.96 bits per heavy atom. The van der Waals surface area contributed by atoms with Crippen molar-refractivity contribution < 1.29 is 13.9 Å². The van der Waals surface area contributed by atoms with Gasteiger partial charge in [0.2, 0.25) is 0 Å². The van der Waals surface area contributed by atoms with Gasteiger partial charge in [-0.15, -0.1) is 0 Å². The zero-order chi connectivity index (χ0) is 16.4. The van der Waals surface area contributed by atoms with Gasteiger partial charge in [-0.2, -0.15) is 0 Å². The highest BCUT2D eigenvalue weighted by Gasteiger charge is 2.30. The summed E-state index contributed by atoms with van der Waals surface area (Å²) in [6.07, 6.45) is 1.74. The van der Waals surface area contributed by atoms with E-state index < -0.39 is 0 Å². The predicted octanol–water partition coefficient (Wildman–Crippen LogP) is 3.83. The average molecular weight is 328 g/mol. The summed E-state index contributed by atoms with van der Waals surface area (Å²) in [5.41, 5.74) is 0.767. The molecule has 0 N–H and O–H groups in total. The molecular formula is C17H16N2O3S. The molecule has 1 aromatic heterocycles. The molecule has 1 aliphatic rings. The third-order valence-electron chi connectivity index (χ3n) is 3.34. The lowest BCUT2D eigenvalue weighted by molar-refractivity contribution is -0.121. The summed E-state index contributed by atoms with van der Waals surface area (Å²) in [5, 5.41) is 0.634. The van der Waals surface area contributed by atoms with Crippen LogP contribution in [-0.4, -0.2) is 30.1 Å². The Labute approximate surface area is 138 Å². The van der Waals surface area contributed by atoms with E-state index in [0.29, 0.717) is 15.8 Å². The van der Waals surface area contributed by atoms with Crippen molar-refractivity contribution in [1.29, 1.82) is 0 Å². The standard InChI is InChI=1S/C17H16N2O3S/c1-11-4-7-14(22-11)10-15-16(20)19(2)17(23-15)18-12-5-8-13(21-3)9-6-12/h4-10H,1-3H3. The number of rotatable bonds is 3. The zero-order valence-corrected chi connectivity index (χ0v) is 13.9. The fourth-order valence-electron chi connectivity index (χ4n) is 2.08. The summed E-state index contributed by atoms with van der Waals surface area (Å²) in [6, 6.07) is 11.1. The molecule has 0 saturated carbocycles. The maximum absolute atomic E-state index is 12.3. The highest BCUT2D eigenvalue weighted by atomic mass is 32.2. The van der Waals surface area contributed by atoms with Crippen LogP contribution in [0.5, 0.6) is 5.75 Å². The molecule has 0 aliphatic carbocycles. The van der Waals surface area contributed by atoms with Gasteiger partial charge in [-0.05, 0) is 55.1 Å². The minimum Gasteiger partial charge on any atom is -0.497 e. The van der Waals surface area contributed by atoms with Gasteiger partial charge in [0, 0.05) is 13.1 Å². The number of likely N-dealkylation sites (N-methyl/N-ethyl adjacent to an activating group) is 1. The van der Waals surface area contributed by atoms with Gasteiger partial charge in [0.1, 0.15) is 17.3 Å².